The van der Waals surface area contributed by atoms with Gasteiger partial charge in [-0.2, -0.15) is 0 Å². The number of hydrogen-bond donors (Lipinski definition) is 1. The minimum atomic E-state index is -1.04. The van der Waals surface area contributed by atoms with Gasteiger partial charge in [0.05, 0.1) is 0 Å². The lowest BCUT2D eigenvalue weighted by atomic mass is 9.78. The Morgan fingerprint density at radius 2 is 1.14 bits per heavy atom. The number of rotatable bonds is 6. The van der Waals surface area contributed by atoms with Crippen molar-refractivity contribution in [2.45, 2.75) is 73.8 Å². The molecule has 0 aliphatic rings. The summed E-state index contributed by atoms with van der Waals surface area (Å²) in [5, 5.41) is 0. The highest BCUT2D eigenvalue weighted by Gasteiger charge is 2.38. The molecule has 0 aromatic rings. The predicted molar refractivity (Wildman–Crippen MR) is 81.5 cm³/mol. The molecule has 0 aliphatic carbocycles. The normalized spacial score (nSPS) is 13.0. The lowest BCUT2D eigenvalue weighted by molar-refractivity contribution is -0.161. The van der Waals surface area contributed by atoms with Crippen LogP contribution in [0.1, 0.15) is 68.2 Å². The molecular formula is C16H29NO4. The average molecular weight is 299 g/mol. The standard InChI is InChI=1S/C16H29NO4/c1-11(18)17-21-16(8,9-12(19)14(2,3)4)10-13(20)15(5,6)7/h9-10H2,1-8H3,(H,17,18). The molecule has 0 unspecified atom stereocenters. The second-order valence-electron chi connectivity index (χ2n) is 7.91. The quantitative estimate of drug-likeness (QED) is 0.765. The highest BCUT2D eigenvalue weighted by atomic mass is 16.7. The molecule has 0 spiro atoms. The molecule has 0 saturated heterocycles. The van der Waals surface area contributed by atoms with Crippen LogP contribution in [0.4, 0.5) is 0 Å². The highest BCUT2D eigenvalue weighted by Crippen LogP contribution is 2.30. The van der Waals surface area contributed by atoms with Crippen LogP contribution in [0.5, 0.6) is 0 Å². The van der Waals surface area contributed by atoms with Gasteiger partial charge >= 0.3 is 0 Å². The van der Waals surface area contributed by atoms with E-state index in [4.69, 9.17) is 4.84 Å². The van der Waals surface area contributed by atoms with Crippen LogP contribution in [-0.2, 0) is 19.2 Å². The average Bonchev–Trinajstić information content (AvgIpc) is 2.23. The zero-order chi connectivity index (χ0) is 17.1. The van der Waals surface area contributed by atoms with Crippen molar-refractivity contribution in [1.29, 1.82) is 0 Å². The molecule has 1 N–H and O–H groups in total. The third-order valence-corrected chi connectivity index (χ3v) is 3.18. The summed E-state index contributed by atoms with van der Waals surface area (Å²) in [5.74, 6) is -0.401. The molecule has 5 heteroatoms. The summed E-state index contributed by atoms with van der Waals surface area (Å²) in [6.07, 6.45) is 0.136. The first-order valence-corrected chi connectivity index (χ1v) is 7.18. The van der Waals surface area contributed by atoms with Crippen molar-refractivity contribution >= 4 is 17.5 Å². The number of carbonyl (C=O) groups is 3. The van der Waals surface area contributed by atoms with Crippen LogP contribution in [-0.4, -0.2) is 23.1 Å². The van der Waals surface area contributed by atoms with Crippen molar-refractivity contribution < 1.29 is 19.2 Å². The van der Waals surface area contributed by atoms with Gasteiger partial charge in [-0.3, -0.25) is 19.2 Å². The van der Waals surface area contributed by atoms with E-state index in [0.717, 1.165) is 0 Å². The zero-order valence-electron chi connectivity index (χ0n) is 14.5. The SMILES string of the molecule is CC(=O)NOC(C)(CC(=O)C(C)(C)C)CC(=O)C(C)(C)C. The molecule has 0 heterocycles. The van der Waals surface area contributed by atoms with Gasteiger partial charge in [-0.15, -0.1) is 0 Å². The van der Waals surface area contributed by atoms with Crippen LogP contribution < -0.4 is 5.48 Å². The Morgan fingerprint density at radius 3 is 1.38 bits per heavy atom. The van der Waals surface area contributed by atoms with E-state index < -0.39 is 16.4 Å². The summed E-state index contributed by atoms with van der Waals surface area (Å²) < 4.78 is 0. The van der Waals surface area contributed by atoms with E-state index in [9.17, 15) is 14.4 Å². The van der Waals surface area contributed by atoms with Crippen molar-refractivity contribution in [2.24, 2.45) is 10.8 Å². The van der Waals surface area contributed by atoms with E-state index >= 15 is 0 Å². The molecule has 0 aromatic heterocycles. The van der Waals surface area contributed by atoms with E-state index in [0.29, 0.717) is 0 Å². The lowest BCUT2D eigenvalue weighted by Gasteiger charge is -2.32. The van der Waals surface area contributed by atoms with Crippen LogP contribution in [0.3, 0.4) is 0 Å². The fourth-order valence-corrected chi connectivity index (χ4v) is 1.54. The summed E-state index contributed by atoms with van der Waals surface area (Å²) >= 11 is 0. The molecule has 21 heavy (non-hydrogen) atoms. The van der Waals surface area contributed by atoms with Crippen LogP contribution in [0.2, 0.25) is 0 Å². The molecule has 5 nitrogen and oxygen atoms in total. The number of hydroxylamine groups is 1. The van der Waals surface area contributed by atoms with Crippen LogP contribution in [0.25, 0.3) is 0 Å². The van der Waals surface area contributed by atoms with Crippen molar-refractivity contribution in [3.8, 4) is 0 Å². The zero-order valence-corrected chi connectivity index (χ0v) is 14.5. The van der Waals surface area contributed by atoms with Crippen molar-refractivity contribution in [3.05, 3.63) is 0 Å². The molecule has 122 valence electrons. The van der Waals surface area contributed by atoms with Gasteiger partial charge in [0.1, 0.15) is 17.2 Å². The van der Waals surface area contributed by atoms with Gasteiger partial charge in [0, 0.05) is 30.6 Å². The van der Waals surface area contributed by atoms with Crippen molar-refractivity contribution in [2.75, 3.05) is 0 Å². The smallest absolute Gasteiger partial charge is 0.240 e. The van der Waals surface area contributed by atoms with Crippen molar-refractivity contribution in [3.63, 3.8) is 0 Å². The van der Waals surface area contributed by atoms with E-state index in [-0.39, 0.29) is 30.3 Å². The Hall–Kier alpha value is -1.23. The van der Waals surface area contributed by atoms with Gasteiger partial charge in [0.15, 0.2) is 0 Å². The molecule has 0 aliphatic heterocycles. The Bertz CT molecular complexity index is 385. The molecule has 0 aromatic carbocycles. The fraction of sp³-hybridized carbons (Fsp3) is 0.812. The topological polar surface area (TPSA) is 72.5 Å². The second-order valence-corrected chi connectivity index (χ2v) is 7.91. The Morgan fingerprint density at radius 1 is 0.810 bits per heavy atom. The van der Waals surface area contributed by atoms with Gasteiger partial charge in [-0.05, 0) is 6.92 Å². The maximum Gasteiger partial charge on any atom is 0.240 e. The summed E-state index contributed by atoms with van der Waals surface area (Å²) in [7, 11) is 0. The summed E-state index contributed by atoms with van der Waals surface area (Å²) in [6.45, 7) is 13.9. The third-order valence-electron chi connectivity index (χ3n) is 3.18. The molecule has 0 fully saturated rings. The van der Waals surface area contributed by atoms with Crippen LogP contribution in [0, 0.1) is 10.8 Å². The van der Waals surface area contributed by atoms with Crippen molar-refractivity contribution in [1.82, 2.24) is 5.48 Å². The summed E-state index contributed by atoms with van der Waals surface area (Å²) in [6, 6.07) is 0. The second kappa shape index (κ2) is 6.69. The summed E-state index contributed by atoms with van der Waals surface area (Å²) in [5.41, 5.74) is 0.171. The molecule has 0 atom stereocenters. The van der Waals surface area contributed by atoms with Gasteiger partial charge in [0.25, 0.3) is 0 Å². The molecule has 0 saturated carbocycles. The molecule has 0 radical (unpaired) electrons. The van der Waals surface area contributed by atoms with Gasteiger partial charge in [0.2, 0.25) is 5.91 Å². The lowest BCUT2D eigenvalue weighted by Crippen LogP contribution is -2.44. The molecule has 1 amide bonds. The predicted octanol–water partition coefficient (Wildman–Crippen LogP) is 2.82. The van der Waals surface area contributed by atoms with E-state index in [1.807, 2.05) is 41.5 Å². The number of Topliss-reactive ketones (excluding diaryl/α,β-unsaturated/α-hetero) is 2. The molecular weight excluding hydrogens is 270 g/mol. The maximum atomic E-state index is 12.3. The van der Waals surface area contributed by atoms with E-state index in [1.165, 1.54) is 6.92 Å². The Balaban J connectivity index is 5.14. The largest absolute Gasteiger partial charge is 0.299 e. The first kappa shape index (κ1) is 19.8. The van der Waals surface area contributed by atoms with E-state index in [1.54, 1.807) is 6.92 Å². The fourth-order valence-electron chi connectivity index (χ4n) is 1.54. The minimum Gasteiger partial charge on any atom is -0.299 e. The highest BCUT2D eigenvalue weighted by molar-refractivity contribution is 5.88. The van der Waals surface area contributed by atoms with Gasteiger partial charge in [-0.25, -0.2) is 5.48 Å². The van der Waals surface area contributed by atoms with Gasteiger partial charge < -0.3 is 0 Å². The number of amides is 1. The molecule has 0 rings (SSSR count). The number of hydrogen-bond acceptors (Lipinski definition) is 4. The maximum absolute atomic E-state index is 12.3. The molecule has 0 bridgehead atoms. The summed E-state index contributed by atoms with van der Waals surface area (Å²) in [4.78, 5) is 40.9. The van der Waals surface area contributed by atoms with Crippen LogP contribution >= 0.6 is 0 Å². The number of ketones is 2. The Labute approximate surface area is 127 Å². The van der Waals surface area contributed by atoms with Gasteiger partial charge in [-0.1, -0.05) is 41.5 Å². The Kier molecular flexibility index (Phi) is 6.30. The first-order valence-electron chi connectivity index (χ1n) is 7.18. The number of nitrogens with one attached hydrogen (secondary N) is 1. The first-order chi connectivity index (χ1) is 9.17. The van der Waals surface area contributed by atoms with E-state index in [2.05, 4.69) is 5.48 Å². The number of carbonyl (C=O) groups excluding carboxylic acids is 3. The van der Waals surface area contributed by atoms with Crippen LogP contribution in [0.15, 0.2) is 0 Å². The minimum absolute atomic E-state index is 0.0166. The third kappa shape index (κ3) is 7.37. The monoisotopic (exact) mass is 299 g/mol.